The Morgan fingerprint density at radius 1 is 1.00 bits per heavy atom. The molecular formula is C16H10F3NO3S. The highest BCUT2D eigenvalue weighted by Crippen LogP contribution is 2.32. The molecule has 124 valence electrons. The van der Waals surface area contributed by atoms with Gasteiger partial charge in [0.2, 0.25) is 9.84 Å². The zero-order valence-electron chi connectivity index (χ0n) is 12.0. The van der Waals surface area contributed by atoms with Crippen molar-refractivity contribution in [3.63, 3.8) is 0 Å². The van der Waals surface area contributed by atoms with Crippen LogP contribution in [0.2, 0.25) is 0 Å². The fourth-order valence-corrected chi connectivity index (χ4v) is 3.68. The van der Waals surface area contributed by atoms with Gasteiger partial charge < -0.3 is 4.98 Å². The number of carbonyl (C=O) groups is 1. The van der Waals surface area contributed by atoms with Crippen LogP contribution in [0.4, 0.5) is 13.2 Å². The van der Waals surface area contributed by atoms with Crippen LogP contribution < -0.4 is 0 Å². The van der Waals surface area contributed by atoms with Crippen molar-refractivity contribution in [3.8, 4) is 0 Å². The SMILES string of the molecule is O=Cc1cccc2[nH]c(S(=O)(=O)c3cccc(C(F)(F)F)c3)cc12. The van der Waals surface area contributed by atoms with Crippen molar-refractivity contribution >= 4 is 27.0 Å². The molecule has 0 unspecified atom stereocenters. The first kappa shape index (κ1) is 16.3. The average molecular weight is 353 g/mol. The van der Waals surface area contributed by atoms with Gasteiger partial charge in [-0.1, -0.05) is 18.2 Å². The summed E-state index contributed by atoms with van der Waals surface area (Å²) in [5, 5.41) is 0.115. The molecule has 0 radical (unpaired) electrons. The summed E-state index contributed by atoms with van der Waals surface area (Å²) in [6.45, 7) is 0. The van der Waals surface area contributed by atoms with E-state index < -0.39 is 26.5 Å². The Balaban J connectivity index is 2.17. The lowest BCUT2D eigenvalue weighted by atomic mass is 10.1. The Labute approximate surface area is 134 Å². The molecule has 0 atom stereocenters. The highest BCUT2D eigenvalue weighted by atomic mass is 32.2. The second-order valence-corrected chi connectivity index (χ2v) is 7.01. The van der Waals surface area contributed by atoms with E-state index >= 15 is 0 Å². The number of carbonyl (C=O) groups excluding carboxylic acids is 1. The van der Waals surface area contributed by atoms with Gasteiger partial charge in [0.1, 0.15) is 5.03 Å². The van der Waals surface area contributed by atoms with Gasteiger partial charge in [-0.25, -0.2) is 8.42 Å². The number of alkyl halides is 3. The molecule has 2 aromatic carbocycles. The molecule has 1 aromatic heterocycles. The van der Waals surface area contributed by atoms with Crippen molar-refractivity contribution in [1.29, 1.82) is 0 Å². The highest BCUT2D eigenvalue weighted by molar-refractivity contribution is 7.91. The number of fused-ring (bicyclic) bond motifs is 1. The van der Waals surface area contributed by atoms with E-state index in [0.29, 0.717) is 23.3 Å². The van der Waals surface area contributed by atoms with Crippen molar-refractivity contribution < 1.29 is 26.4 Å². The number of benzene rings is 2. The van der Waals surface area contributed by atoms with Gasteiger partial charge in [0.05, 0.1) is 10.5 Å². The van der Waals surface area contributed by atoms with Gasteiger partial charge >= 0.3 is 6.18 Å². The van der Waals surface area contributed by atoms with Crippen LogP contribution in [0.15, 0.2) is 58.5 Å². The van der Waals surface area contributed by atoms with E-state index in [1.807, 2.05) is 0 Å². The van der Waals surface area contributed by atoms with Gasteiger partial charge in [0, 0.05) is 16.5 Å². The number of aromatic amines is 1. The lowest BCUT2D eigenvalue weighted by molar-refractivity contribution is -0.137. The number of halogens is 3. The number of rotatable bonds is 3. The number of nitrogens with one attached hydrogen (secondary N) is 1. The second kappa shape index (κ2) is 5.48. The molecule has 3 aromatic rings. The fraction of sp³-hybridized carbons (Fsp3) is 0.0625. The van der Waals surface area contributed by atoms with Gasteiger partial charge in [-0.15, -0.1) is 0 Å². The lowest BCUT2D eigenvalue weighted by Crippen LogP contribution is -2.08. The quantitative estimate of drug-likeness (QED) is 0.728. The van der Waals surface area contributed by atoms with Crippen molar-refractivity contribution in [2.75, 3.05) is 0 Å². The third kappa shape index (κ3) is 2.69. The van der Waals surface area contributed by atoms with Crippen LogP contribution in [-0.4, -0.2) is 19.7 Å². The van der Waals surface area contributed by atoms with E-state index in [9.17, 15) is 26.4 Å². The van der Waals surface area contributed by atoms with Gasteiger partial charge in [-0.2, -0.15) is 13.2 Å². The Morgan fingerprint density at radius 3 is 2.38 bits per heavy atom. The molecule has 1 heterocycles. The number of hydrogen-bond donors (Lipinski definition) is 1. The minimum absolute atomic E-state index is 0.272. The maximum atomic E-state index is 12.8. The molecule has 0 amide bonds. The van der Waals surface area contributed by atoms with Gasteiger partial charge in [-0.05, 0) is 30.3 Å². The third-order valence-corrected chi connectivity index (χ3v) is 5.23. The predicted molar refractivity (Wildman–Crippen MR) is 80.6 cm³/mol. The smallest absolute Gasteiger partial charge is 0.345 e. The summed E-state index contributed by atoms with van der Waals surface area (Å²) in [5.41, 5.74) is -0.354. The van der Waals surface area contributed by atoms with E-state index in [2.05, 4.69) is 4.98 Å². The standard InChI is InChI=1S/C16H10F3NO3S/c17-16(18,19)11-4-2-5-12(7-11)24(22,23)15-8-13-10(9-21)3-1-6-14(13)20-15/h1-9,20H. The molecule has 0 aliphatic carbocycles. The largest absolute Gasteiger partial charge is 0.416 e. The van der Waals surface area contributed by atoms with Gasteiger partial charge in [0.15, 0.2) is 6.29 Å². The number of H-pyrrole nitrogens is 1. The minimum Gasteiger partial charge on any atom is -0.345 e. The molecule has 0 aliphatic rings. The monoisotopic (exact) mass is 353 g/mol. The normalized spacial score (nSPS) is 12.5. The summed E-state index contributed by atoms with van der Waals surface area (Å²) >= 11 is 0. The molecule has 8 heteroatoms. The van der Waals surface area contributed by atoms with Gasteiger partial charge in [0.25, 0.3) is 0 Å². The molecule has 0 fully saturated rings. The summed E-state index contributed by atoms with van der Waals surface area (Å²) in [5.74, 6) is 0. The van der Waals surface area contributed by atoms with Crippen molar-refractivity contribution in [2.45, 2.75) is 16.1 Å². The zero-order valence-corrected chi connectivity index (χ0v) is 12.8. The first-order valence-corrected chi connectivity index (χ1v) is 8.21. The molecule has 0 bridgehead atoms. The van der Waals surface area contributed by atoms with Gasteiger partial charge in [-0.3, -0.25) is 4.79 Å². The van der Waals surface area contributed by atoms with Crippen molar-refractivity contribution in [3.05, 3.63) is 59.7 Å². The van der Waals surface area contributed by atoms with Crippen LogP contribution in [0, 0.1) is 0 Å². The maximum Gasteiger partial charge on any atom is 0.416 e. The number of sulfone groups is 1. The highest BCUT2D eigenvalue weighted by Gasteiger charge is 2.32. The summed E-state index contributed by atoms with van der Waals surface area (Å²) in [6, 6.07) is 9.43. The summed E-state index contributed by atoms with van der Waals surface area (Å²) in [7, 11) is -4.18. The topological polar surface area (TPSA) is 67.0 Å². The lowest BCUT2D eigenvalue weighted by Gasteiger charge is -2.08. The molecule has 0 saturated heterocycles. The molecule has 24 heavy (non-hydrogen) atoms. The van der Waals surface area contributed by atoms with Crippen molar-refractivity contribution in [1.82, 2.24) is 4.98 Å². The number of aldehydes is 1. The van der Waals surface area contributed by atoms with E-state index in [-0.39, 0.29) is 10.6 Å². The van der Waals surface area contributed by atoms with Crippen LogP contribution in [0.5, 0.6) is 0 Å². The predicted octanol–water partition coefficient (Wildman–Crippen LogP) is 3.83. The second-order valence-electron chi connectivity index (χ2n) is 5.09. The summed E-state index contributed by atoms with van der Waals surface area (Å²) in [6.07, 6.45) is -4.06. The molecule has 0 aliphatic heterocycles. The molecule has 4 nitrogen and oxygen atoms in total. The number of aromatic nitrogens is 1. The summed E-state index contributed by atoms with van der Waals surface area (Å²) in [4.78, 5) is 13.2. The zero-order chi connectivity index (χ0) is 17.5. The van der Waals surface area contributed by atoms with E-state index in [4.69, 9.17) is 0 Å². The fourth-order valence-electron chi connectivity index (χ4n) is 2.37. The van der Waals surface area contributed by atoms with E-state index in [1.54, 1.807) is 12.1 Å². The van der Waals surface area contributed by atoms with E-state index in [1.165, 1.54) is 12.1 Å². The number of hydrogen-bond acceptors (Lipinski definition) is 3. The van der Waals surface area contributed by atoms with Crippen molar-refractivity contribution in [2.24, 2.45) is 0 Å². The first-order chi connectivity index (χ1) is 11.2. The first-order valence-electron chi connectivity index (χ1n) is 6.73. The Kier molecular flexibility index (Phi) is 3.71. The molecule has 1 N–H and O–H groups in total. The third-order valence-electron chi connectivity index (χ3n) is 3.56. The Hall–Kier alpha value is -2.61. The van der Waals surface area contributed by atoms with Crippen LogP contribution in [0.1, 0.15) is 15.9 Å². The molecular weight excluding hydrogens is 343 g/mol. The molecule has 3 rings (SSSR count). The Morgan fingerprint density at radius 2 is 1.71 bits per heavy atom. The molecule has 0 saturated carbocycles. The van der Waals surface area contributed by atoms with Crippen LogP contribution >= 0.6 is 0 Å². The van der Waals surface area contributed by atoms with Crippen LogP contribution in [0.3, 0.4) is 0 Å². The summed E-state index contributed by atoms with van der Waals surface area (Å²) < 4.78 is 63.5. The minimum atomic E-state index is -4.64. The molecule has 0 spiro atoms. The van der Waals surface area contributed by atoms with E-state index in [0.717, 1.165) is 18.2 Å². The average Bonchev–Trinajstić information content (AvgIpc) is 2.99. The Bertz CT molecular complexity index is 1040. The van der Waals surface area contributed by atoms with Crippen LogP contribution in [-0.2, 0) is 16.0 Å². The maximum absolute atomic E-state index is 12.8. The van der Waals surface area contributed by atoms with Crippen LogP contribution in [0.25, 0.3) is 10.9 Å².